The Morgan fingerprint density at radius 3 is 2.50 bits per heavy atom. The second kappa shape index (κ2) is 7.65. The van der Waals surface area contributed by atoms with Crippen LogP contribution < -0.4 is 4.74 Å². The molecule has 0 atom stereocenters. The van der Waals surface area contributed by atoms with Crippen molar-refractivity contribution in [1.82, 2.24) is 24.1 Å². The highest BCUT2D eigenvalue weighted by Crippen LogP contribution is 2.29. The molecule has 0 radical (unpaired) electrons. The van der Waals surface area contributed by atoms with Crippen molar-refractivity contribution in [3.63, 3.8) is 0 Å². The van der Waals surface area contributed by atoms with Crippen LogP contribution in [0.1, 0.15) is 5.56 Å². The average Bonchev–Trinajstić information content (AvgIpc) is 3.36. The number of nitrogens with zero attached hydrogens (tertiary/aromatic N) is 5. The SMILES string of the molecule is Cn1cc(-c2ccncc2)c(OCc2ccc(-c3cn4cc(Cl)ccc4n3)cc2)n1. The number of fused-ring (bicyclic) bond motifs is 1. The van der Waals surface area contributed by atoms with Gasteiger partial charge in [0.1, 0.15) is 12.3 Å². The fourth-order valence-corrected chi connectivity index (χ4v) is 3.50. The molecular formula is C23H18ClN5O. The Bertz CT molecular complexity index is 1310. The van der Waals surface area contributed by atoms with Crippen molar-refractivity contribution in [1.29, 1.82) is 0 Å². The number of hydrogen-bond acceptors (Lipinski definition) is 4. The molecule has 0 aliphatic heterocycles. The smallest absolute Gasteiger partial charge is 0.241 e. The maximum Gasteiger partial charge on any atom is 0.241 e. The summed E-state index contributed by atoms with van der Waals surface area (Å²) in [6, 6.07) is 15.8. The zero-order valence-corrected chi connectivity index (χ0v) is 17.0. The van der Waals surface area contributed by atoms with Gasteiger partial charge in [0.2, 0.25) is 5.88 Å². The van der Waals surface area contributed by atoms with Gasteiger partial charge in [-0.1, -0.05) is 35.9 Å². The van der Waals surface area contributed by atoms with Gasteiger partial charge in [-0.25, -0.2) is 4.98 Å². The fourth-order valence-electron chi connectivity index (χ4n) is 3.33. The molecule has 0 saturated carbocycles. The van der Waals surface area contributed by atoms with Crippen LogP contribution in [0.25, 0.3) is 28.0 Å². The molecule has 0 N–H and O–H groups in total. The molecule has 0 aliphatic carbocycles. The van der Waals surface area contributed by atoms with Gasteiger partial charge in [-0.15, -0.1) is 5.10 Å². The van der Waals surface area contributed by atoms with Crippen LogP contribution in [0.4, 0.5) is 0 Å². The van der Waals surface area contributed by atoms with Crippen molar-refractivity contribution in [2.45, 2.75) is 6.61 Å². The van der Waals surface area contributed by atoms with Crippen LogP contribution in [0.15, 0.2) is 79.5 Å². The number of benzene rings is 1. The second-order valence-corrected chi connectivity index (χ2v) is 7.42. The zero-order valence-electron chi connectivity index (χ0n) is 16.2. The fraction of sp³-hybridized carbons (Fsp3) is 0.0870. The number of rotatable bonds is 5. The molecule has 0 aliphatic rings. The summed E-state index contributed by atoms with van der Waals surface area (Å²) in [6.45, 7) is 0.427. The van der Waals surface area contributed by atoms with Crippen LogP contribution in [-0.2, 0) is 13.7 Å². The van der Waals surface area contributed by atoms with Gasteiger partial charge in [-0.2, -0.15) is 0 Å². The van der Waals surface area contributed by atoms with Crippen molar-refractivity contribution < 1.29 is 4.74 Å². The number of ether oxygens (including phenoxy) is 1. The summed E-state index contributed by atoms with van der Waals surface area (Å²) >= 11 is 6.06. The molecule has 148 valence electrons. The first-order chi connectivity index (χ1) is 14.7. The lowest BCUT2D eigenvalue weighted by molar-refractivity contribution is 0.292. The van der Waals surface area contributed by atoms with Crippen molar-refractivity contribution in [2.24, 2.45) is 7.05 Å². The maximum atomic E-state index is 6.06. The summed E-state index contributed by atoms with van der Waals surface area (Å²) in [7, 11) is 1.88. The molecule has 0 bridgehead atoms. The van der Waals surface area contributed by atoms with E-state index in [9.17, 15) is 0 Å². The quantitative estimate of drug-likeness (QED) is 0.404. The third kappa shape index (κ3) is 3.65. The first kappa shape index (κ1) is 18.4. The van der Waals surface area contributed by atoms with E-state index < -0.39 is 0 Å². The Kier molecular flexibility index (Phi) is 4.69. The zero-order chi connectivity index (χ0) is 20.5. The molecule has 6 nitrogen and oxygen atoms in total. The highest BCUT2D eigenvalue weighted by atomic mass is 35.5. The number of aryl methyl sites for hydroxylation is 1. The van der Waals surface area contributed by atoms with Gasteiger partial charge in [0, 0.05) is 43.6 Å². The minimum Gasteiger partial charge on any atom is -0.471 e. The summed E-state index contributed by atoms with van der Waals surface area (Å²) in [5.74, 6) is 0.602. The predicted molar refractivity (Wildman–Crippen MR) is 116 cm³/mol. The maximum absolute atomic E-state index is 6.06. The molecule has 4 heterocycles. The lowest BCUT2D eigenvalue weighted by Crippen LogP contribution is -1.98. The summed E-state index contributed by atoms with van der Waals surface area (Å²) in [4.78, 5) is 8.72. The summed E-state index contributed by atoms with van der Waals surface area (Å²) in [5, 5.41) is 5.13. The summed E-state index contributed by atoms with van der Waals surface area (Å²) in [5.41, 5.74) is 5.82. The van der Waals surface area contributed by atoms with Crippen molar-refractivity contribution in [3.8, 4) is 28.3 Å². The van der Waals surface area contributed by atoms with E-state index in [-0.39, 0.29) is 0 Å². The standard InChI is InChI=1S/C23H18ClN5O/c1-28-13-20(17-8-10-25-11-9-17)23(27-28)30-15-16-2-4-18(5-3-16)21-14-29-12-19(24)6-7-22(29)26-21/h2-14H,15H2,1H3. The molecule has 0 amide bonds. The van der Waals surface area contributed by atoms with E-state index in [2.05, 4.69) is 15.1 Å². The Balaban J connectivity index is 1.33. The lowest BCUT2D eigenvalue weighted by Gasteiger charge is -2.06. The third-order valence-electron chi connectivity index (χ3n) is 4.83. The molecule has 5 rings (SSSR count). The highest BCUT2D eigenvalue weighted by molar-refractivity contribution is 6.30. The van der Waals surface area contributed by atoms with Crippen LogP contribution >= 0.6 is 11.6 Å². The normalized spacial score (nSPS) is 11.1. The van der Waals surface area contributed by atoms with Crippen LogP contribution in [0.3, 0.4) is 0 Å². The minimum atomic E-state index is 0.427. The van der Waals surface area contributed by atoms with E-state index in [1.807, 2.05) is 78.6 Å². The Labute approximate surface area is 178 Å². The molecule has 0 spiro atoms. The number of aromatic nitrogens is 5. The first-order valence-electron chi connectivity index (χ1n) is 9.46. The number of imidazole rings is 1. The molecule has 4 aromatic heterocycles. The largest absolute Gasteiger partial charge is 0.471 e. The van der Waals surface area contributed by atoms with Crippen LogP contribution in [-0.4, -0.2) is 24.1 Å². The third-order valence-corrected chi connectivity index (χ3v) is 5.05. The highest BCUT2D eigenvalue weighted by Gasteiger charge is 2.12. The number of pyridine rings is 2. The van der Waals surface area contributed by atoms with E-state index in [0.29, 0.717) is 17.5 Å². The monoisotopic (exact) mass is 415 g/mol. The van der Waals surface area contributed by atoms with Gasteiger partial charge in [0.25, 0.3) is 0 Å². The second-order valence-electron chi connectivity index (χ2n) is 6.98. The molecule has 30 heavy (non-hydrogen) atoms. The van der Waals surface area contributed by atoms with E-state index >= 15 is 0 Å². The lowest BCUT2D eigenvalue weighted by atomic mass is 10.1. The topological polar surface area (TPSA) is 57.2 Å². The predicted octanol–water partition coefficient (Wildman–Crippen LogP) is 5.03. The number of halogens is 1. The molecule has 1 aromatic carbocycles. The molecule has 0 fully saturated rings. The van der Waals surface area contributed by atoms with Crippen molar-refractivity contribution >= 4 is 17.2 Å². The minimum absolute atomic E-state index is 0.427. The summed E-state index contributed by atoms with van der Waals surface area (Å²) in [6.07, 6.45) is 9.30. The van der Waals surface area contributed by atoms with Crippen molar-refractivity contribution in [3.05, 3.63) is 90.1 Å². The van der Waals surface area contributed by atoms with E-state index in [1.165, 1.54) is 0 Å². The molecular weight excluding hydrogens is 398 g/mol. The van der Waals surface area contributed by atoms with Crippen LogP contribution in [0, 0.1) is 0 Å². The summed E-state index contributed by atoms with van der Waals surface area (Å²) < 4.78 is 9.70. The van der Waals surface area contributed by atoms with Gasteiger partial charge in [-0.3, -0.25) is 9.67 Å². The van der Waals surface area contributed by atoms with E-state index in [4.69, 9.17) is 16.3 Å². The first-order valence-corrected chi connectivity index (χ1v) is 9.84. The van der Waals surface area contributed by atoms with Gasteiger partial charge in [0.05, 0.1) is 16.3 Å². The van der Waals surface area contributed by atoms with Gasteiger partial charge >= 0.3 is 0 Å². The van der Waals surface area contributed by atoms with E-state index in [1.54, 1.807) is 17.1 Å². The van der Waals surface area contributed by atoms with Gasteiger partial charge in [0.15, 0.2) is 0 Å². The van der Waals surface area contributed by atoms with Crippen molar-refractivity contribution in [2.75, 3.05) is 0 Å². The van der Waals surface area contributed by atoms with Gasteiger partial charge < -0.3 is 9.14 Å². The molecule has 7 heteroatoms. The Hall–Kier alpha value is -3.64. The Morgan fingerprint density at radius 1 is 0.900 bits per heavy atom. The Morgan fingerprint density at radius 2 is 1.70 bits per heavy atom. The molecule has 0 unspecified atom stereocenters. The molecule has 0 saturated heterocycles. The average molecular weight is 416 g/mol. The van der Waals surface area contributed by atoms with Crippen LogP contribution in [0.5, 0.6) is 5.88 Å². The van der Waals surface area contributed by atoms with E-state index in [0.717, 1.165) is 33.6 Å². The van der Waals surface area contributed by atoms with Crippen LogP contribution in [0.2, 0.25) is 5.02 Å². The number of hydrogen-bond donors (Lipinski definition) is 0. The molecule has 5 aromatic rings. The van der Waals surface area contributed by atoms with Gasteiger partial charge in [-0.05, 0) is 35.4 Å².